The summed E-state index contributed by atoms with van der Waals surface area (Å²) in [5.41, 5.74) is 3.79. The van der Waals surface area contributed by atoms with Crippen LogP contribution in [0.15, 0.2) is 52.7 Å². The van der Waals surface area contributed by atoms with E-state index in [0.29, 0.717) is 29.9 Å². The molecule has 2 heterocycles. The third-order valence-electron chi connectivity index (χ3n) is 6.11. The summed E-state index contributed by atoms with van der Waals surface area (Å²) in [6.45, 7) is 6.29. The fourth-order valence-corrected chi connectivity index (χ4v) is 4.47. The van der Waals surface area contributed by atoms with Crippen LogP contribution in [0.2, 0.25) is 0 Å². The predicted octanol–water partition coefficient (Wildman–Crippen LogP) is 3.41. The number of aryl methyl sites for hydroxylation is 1. The van der Waals surface area contributed by atoms with E-state index >= 15 is 0 Å². The summed E-state index contributed by atoms with van der Waals surface area (Å²) in [6.07, 6.45) is 2.07. The van der Waals surface area contributed by atoms with Gasteiger partial charge in [-0.2, -0.15) is 5.10 Å². The number of amides is 1. The average molecular weight is 464 g/mol. The summed E-state index contributed by atoms with van der Waals surface area (Å²) in [4.78, 5) is 15.1. The molecule has 1 fully saturated rings. The fraction of sp³-hybridized carbons (Fsp3) is 0.423. The highest BCUT2D eigenvalue weighted by Gasteiger charge is 2.21. The molecule has 2 aromatic rings. The Morgan fingerprint density at radius 3 is 2.26 bits per heavy atom. The molecule has 180 valence electrons. The minimum absolute atomic E-state index is 0.165. The smallest absolute Gasteiger partial charge is 0.256 e. The van der Waals surface area contributed by atoms with Crippen molar-refractivity contribution in [3.05, 3.63) is 53.6 Å². The Morgan fingerprint density at radius 1 is 1.00 bits per heavy atom. The average Bonchev–Trinajstić information content (AvgIpc) is 3.29. The van der Waals surface area contributed by atoms with Gasteiger partial charge in [-0.25, -0.2) is 0 Å². The maximum absolute atomic E-state index is 12.7. The van der Waals surface area contributed by atoms with E-state index < -0.39 is 0 Å². The topological polar surface area (TPSA) is 87.6 Å². The lowest BCUT2D eigenvalue weighted by Crippen LogP contribution is -2.54. The molecule has 8 nitrogen and oxygen atoms in total. The number of nitrogens with one attached hydrogen (secondary N) is 2. The second kappa shape index (κ2) is 10.7. The molecule has 0 bridgehead atoms. The number of ether oxygens (including phenoxy) is 2. The van der Waals surface area contributed by atoms with E-state index in [9.17, 15) is 4.79 Å². The van der Waals surface area contributed by atoms with Crippen LogP contribution in [0.5, 0.6) is 11.5 Å². The van der Waals surface area contributed by atoms with Gasteiger partial charge in [0.15, 0.2) is 0 Å². The van der Waals surface area contributed by atoms with E-state index in [2.05, 4.69) is 39.6 Å². The van der Waals surface area contributed by atoms with Gasteiger partial charge in [0.1, 0.15) is 17.3 Å². The SMILES string of the molecule is COc1cc(CCC2=NN=C(NC(=O)c3ccc(N4CC(C)N[C@@H](C)C4)cc3)C2)cc(OC)c1. The molecule has 4 rings (SSSR count). The van der Waals surface area contributed by atoms with Gasteiger partial charge in [-0.05, 0) is 68.7 Å². The maximum Gasteiger partial charge on any atom is 0.256 e. The second-order valence-electron chi connectivity index (χ2n) is 8.99. The number of nitrogens with zero attached hydrogens (tertiary/aromatic N) is 3. The molecule has 0 spiro atoms. The summed E-state index contributed by atoms with van der Waals surface area (Å²) < 4.78 is 10.7. The Balaban J connectivity index is 1.27. The van der Waals surface area contributed by atoms with Crippen LogP contribution in [-0.2, 0) is 6.42 Å². The van der Waals surface area contributed by atoms with Crippen LogP contribution >= 0.6 is 0 Å². The highest BCUT2D eigenvalue weighted by molar-refractivity contribution is 6.14. The molecule has 8 heteroatoms. The number of amidine groups is 1. The lowest BCUT2D eigenvalue weighted by Gasteiger charge is -2.37. The Hall–Kier alpha value is -3.39. The number of hydrogen-bond acceptors (Lipinski definition) is 7. The molecule has 2 atom stereocenters. The highest BCUT2D eigenvalue weighted by Crippen LogP contribution is 2.24. The van der Waals surface area contributed by atoms with Crippen LogP contribution in [-0.4, -0.2) is 56.8 Å². The Morgan fingerprint density at radius 2 is 1.65 bits per heavy atom. The number of carbonyl (C=O) groups excluding carboxylic acids is 1. The summed E-state index contributed by atoms with van der Waals surface area (Å²) in [7, 11) is 3.28. The van der Waals surface area contributed by atoms with Gasteiger partial charge >= 0.3 is 0 Å². The summed E-state index contributed by atoms with van der Waals surface area (Å²) in [5.74, 6) is 1.94. The minimum atomic E-state index is -0.165. The molecule has 1 unspecified atom stereocenters. The Bertz CT molecular complexity index is 1050. The molecule has 1 saturated heterocycles. The maximum atomic E-state index is 12.7. The zero-order valence-corrected chi connectivity index (χ0v) is 20.3. The monoisotopic (exact) mass is 463 g/mol. The van der Waals surface area contributed by atoms with E-state index in [1.165, 1.54) is 0 Å². The summed E-state index contributed by atoms with van der Waals surface area (Å²) >= 11 is 0. The first-order valence-electron chi connectivity index (χ1n) is 11.7. The standard InChI is InChI=1S/C26H33N5O3/c1-17-15-31(16-18(2)27-17)22-9-6-20(7-10-22)26(32)28-25-13-21(29-30-25)8-5-19-11-23(33-3)14-24(12-19)34-4/h6-7,9-12,14,17-18,27H,5,8,13,15-16H2,1-4H3,(H,28,30,32)/t17-,18?/m0/s1. The van der Waals surface area contributed by atoms with Crippen LogP contribution in [0.25, 0.3) is 0 Å². The van der Waals surface area contributed by atoms with Crippen molar-refractivity contribution in [2.75, 3.05) is 32.2 Å². The number of hydrogen-bond donors (Lipinski definition) is 2. The Labute approximate surface area is 201 Å². The van der Waals surface area contributed by atoms with E-state index in [1.54, 1.807) is 14.2 Å². The van der Waals surface area contributed by atoms with Crippen molar-refractivity contribution < 1.29 is 14.3 Å². The summed E-state index contributed by atoms with van der Waals surface area (Å²) in [5, 5.41) is 14.9. The van der Waals surface area contributed by atoms with E-state index in [-0.39, 0.29) is 5.91 Å². The molecule has 34 heavy (non-hydrogen) atoms. The van der Waals surface area contributed by atoms with Crippen molar-refractivity contribution >= 4 is 23.1 Å². The summed E-state index contributed by atoms with van der Waals surface area (Å²) in [6, 6.07) is 14.5. The molecule has 2 aliphatic heterocycles. The lowest BCUT2D eigenvalue weighted by atomic mass is 10.0. The largest absolute Gasteiger partial charge is 0.497 e. The molecule has 0 aliphatic carbocycles. The molecule has 2 aliphatic rings. The molecule has 0 aromatic heterocycles. The van der Waals surface area contributed by atoms with Crippen LogP contribution in [0, 0.1) is 0 Å². The third kappa shape index (κ3) is 5.94. The third-order valence-corrected chi connectivity index (χ3v) is 6.11. The molecule has 0 saturated carbocycles. The molecule has 1 amide bonds. The number of benzene rings is 2. The normalized spacial score (nSPS) is 19.9. The van der Waals surface area contributed by atoms with Gasteiger partial charge in [0, 0.05) is 54.6 Å². The van der Waals surface area contributed by atoms with Crippen molar-refractivity contribution in [3.8, 4) is 11.5 Å². The molecular weight excluding hydrogens is 430 g/mol. The zero-order chi connectivity index (χ0) is 24.1. The Kier molecular flexibility index (Phi) is 7.47. The predicted molar refractivity (Wildman–Crippen MR) is 136 cm³/mol. The minimum Gasteiger partial charge on any atom is -0.497 e. The van der Waals surface area contributed by atoms with Crippen LogP contribution in [0.3, 0.4) is 0 Å². The van der Waals surface area contributed by atoms with Gasteiger partial charge in [-0.1, -0.05) is 0 Å². The first-order valence-corrected chi connectivity index (χ1v) is 11.7. The molecule has 0 radical (unpaired) electrons. The first-order chi connectivity index (χ1) is 16.4. The van der Waals surface area contributed by atoms with Crippen molar-refractivity contribution in [2.24, 2.45) is 10.2 Å². The van der Waals surface area contributed by atoms with Crippen molar-refractivity contribution in [3.63, 3.8) is 0 Å². The van der Waals surface area contributed by atoms with Crippen molar-refractivity contribution in [1.82, 2.24) is 10.6 Å². The van der Waals surface area contributed by atoms with Crippen LogP contribution in [0.4, 0.5) is 5.69 Å². The van der Waals surface area contributed by atoms with Crippen LogP contribution < -0.4 is 25.0 Å². The van der Waals surface area contributed by atoms with Crippen LogP contribution in [0.1, 0.15) is 42.6 Å². The zero-order valence-electron chi connectivity index (χ0n) is 20.3. The number of anilines is 1. The van der Waals surface area contributed by atoms with E-state index in [0.717, 1.165) is 54.4 Å². The van der Waals surface area contributed by atoms with Crippen molar-refractivity contribution in [1.29, 1.82) is 0 Å². The van der Waals surface area contributed by atoms with E-state index in [1.807, 2.05) is 42.5 Å². The molecule has 2 N–H and O–H groups in total. The van der Waals surface area contributed by atoms with Gasteiger partial charge < -0.3 is 25.0 Å². The van der Waals surface area contributed by atoms with Gasteiger partial charge in [-0.15, -0.1) is 5.10 Å². The van der Waals surface area contributed by atoms with Gasteiger partial charge in [0.25, 0.3) is 5.91 Å². The number of carbonyl (C=O) groups is 1. The quantitative estimate of drug-likeness (QED) is 0.657. The van der Waals surface area contributed by atoms with Gasteiger partial charge in [-0.3, -0.25) is 4.79 Å². The van der Waals surface area contributed by atoms with E-state index in [4.69, 9.17) is 9.47 Å². The number of methoxy groups -OCH3 is 2. The van der Waals surface area contributed by atoms with Gasteiger partial charge in [0.2, 0.25) is 0 Å². The lowest BCUT2D eigenvalue weighted by molar-refractivity contribution is 0.0976. The fourth-order valence-electron chi connectivity index (χ4n) is 4.47. The second-order valence-corrected chi connectivity index (χ2v) is 8.99. The first kappa shape index (κ1) is 23.8. The van der Waals surface area contributed by atoms with Gasteiger partial charge in [0.05, 0.1) is 14.2 Å². The van der Waals surface area contributed by atoms with Crippen molar-refractivity contribution in [2.45, 2.75) is 45.2 Å². The number of rotatable bonds is 7. The number of piperazine rings is 1. The highest BCUT2D eigenvalue weighted by atomic mass is 16.5. The molecule has 2 aromatic carbocycles. The molecular formula is C26H33N5O3.